The van der Waals surface area contributed by atoms with E-state index in [1.54, 1.807) is 18.2 Å². The molecule has 4 rings (SSSR count). The van der Waals surface area contributed by atoms with Crippen molar-refractivity contribution in [2.24, 2.45) is 0 Å². The second-order valence-corrected chi connectivity index (χ2v) is 9.46. The van der Waals surface area contributed by atoms with Crippen LogP contribution in [0.2, 0.25) is 0 Å². The summed E-state index contributed by atoms with van der Waals surface area (Å²) in [6.45, 7) is 3.97. The van der Waals surface area contributed by atoms with Gasteiger partial charge >= 0.3 is 6.09 Å². The lowest BCUT2D eigenvalue weighted by Gasteiger charge is -2.26. The first-order valence-corrected chi connectivity index (χ1v) is 12.8. The number of carboxylic acid groups (broad SMARTS) is 1. The van der Waals surface area contributed by atoms with Crippen molar-refractivity contribution in [3.8, 4) is 5.75 Å². The number of benzene rings is 1. The maximum atomic E-state index is 13.5. The summed E-state index contributed by atoms with van der Waals surface area (Å²) in [5.41, 5.74) is 0.632. The molecule has 0 saturated carbocycles. The quantitative estimate of drug-likeness (QED) is 0.312. The van der Waals surface area contributed by atoms with Gasteiger partial charge in [0.1, 0.15) is 16.9 Å². The molecule has 0 radical (unpaired) electrons. The van der Waals surface area contributed by atoms with Crippen LogP contribution in [0.4, 0.5) is 9.18 Å². The number of hydrogen-bond donors (Lipinski definition) is 3. The van der Waals surface area contributed by atoms with Gasteiger partial charge < -0.3 is 29.7 Å². The number of likely N-dealkylation sites (N-methyl/N-ethyl adjacent to an activating group) is 1. The fourth-order valence-corrected chi connectivity index (χ4v) is 4.47. The Morgan fingerprint density at radius 2 is 1.85 bits per heavy atom. The molecular formula is C27H33ClFN5O6. The van der Waals surface area contributed by atoms with Gasteiger partial charge in [-0.15, -0.1) is 12.4 Å². The molecule has 0 spiro atoms. The molecule has 2 aromatic heterocycles. The maximum absolute atomic E-state index is 13.5. The Labute approximate surface area is 236 Å². The number of morpholine rings is 1. The van der Waals surface area contributed by atoms with Gasteiger partial charge in [-0.05, 0) is 48.7 Å². The van der Waals surface area contributed by atoms with Gasteiger partial charge in [-0.3, -0.25) is 19.5 Å². The minimum Gasteiger partial charge on any atom is -0.505 e. The van der Waals surface area contributed by atoms with Gasteiger partial charge in [0.15, 0.2) is 5.75 Å². The molecular weight excluding hydrogens is 545 g/mol. The van der Waals surface area contributed by atoms with Crippen LogP contribution in [-0.4, -0.2) is 94.5 Å². The van der Waals surface area contributed by atoms with Gasteiger partial charge in [-0.1, -0.05) is 12.1 Å². The zero-order valence-corrected chi connectivity index (χ0v) is 23.0. The maximum Gasteiger partial charge on any atom is 0.407 e. The van der Waals surface area contributed by atoms with E-state index < -0.39 is 28.9 Å². The van der Waals surface area contributed by atoms with E-state index >= 15 is 0 Å². The molecule has 2 amide bonds. The fraction of sp³-hybridized carbons (Fsp3) is 0.407. The van der Waals surface area contributed by atoms with E-state index in [4.69, 9.17) is 4.74 Å². The molecule has 1 fully saturated rings. The van der Waals surface area contributed by atoms with Crippen molar-refractivity contribution < 1.29 is 28.9 Å². The molecule has 0 aliphatic carbocycles. The van der Waals surface area contributed by atoms with Crippen LogP contribution in [0, 0.1) is 5.82 Å². The van der Waals surface area contributed by atoms with Crippen LogP contribution in [0.3, 0.4) is 0 Å². The van der Waals surface area contributed by atoms with Crippen molar-refractivity contribution in [1.82, 2.24) is 24.7 Å². The van der Waals surface area contributed by atoms with Crippen molar-refractivity contribution in [1.29, 1.82) is 0 Å². The molecule has 1 aromatic carbocycles. The first-order valence-electron chi connectivity index (χ1n) is 12.8. The minimum absolute atomic E-state index is 0. The summed E-state index contributed by atoms with van der Waals surface area (Å²) >= 11 is 0. The molecule has 0 bridgehead atoms. The van der Waals surface area contributed by atoms with E-state index in [9.17, 15) is 29.0 Å². The molecule has 3 aromatic rings. The standard InChI is InChI=1S/C27H32FN5O6.ClH/c1-31(27(37)38)9-10-33-21-16-19(15-18-3-5-20(28)6-4-18)17-30-23(21)24(34)22(26(33)36)25(35)29-7-2-8-32-11-13-39-14-12-32;/h3-6,16-17,34H,2,7-15H2,1H3,(H,29,35)(H,37,38);1H. The highest BCUT2D eigenvalue weighted by Crippen LogP contribution is 2.26. The largest absolute Gasteiger partial charge is 0.505 e. The van der Waals surface area contributed by atoms with Crippen LogP contribution < -0.4 is 10.9 Å². The molecule has 3 heterocycles. The number of aromatic nitrogens is 2. The lowest BCUT2D eigenvalue weighted by atomic mass is 10.1. The van der Waals surface area contributed by atoms with Crippen LogP contribution in [0.5, 0.6) is 5.75 Å². The molecule has 40 heavy (non-hydrogen) atoms. The second kappa shape index (κ2) is 14.1. The van der Waals surface area contributed by atoms with Crippen LogP contribution in [0.1, 0.15) is 27.9 Å². The molecule has 216 valence electrons. The highest BCUT2D eigenvalue weighted by Gasteiger charge is 2.24. The number of rotatable bonds is 10. The number of carbonyl (C=O) groups excluding carboxylic acids is 1. The Morgan fingerprint density at radius 3 is 2.52 bits per heavy atom. The zero-order chi connectivity index (χ0) is 27.9. The third-order valence-electron chi connectivity index (χ3n) is 6.71. The van der Waals surface area contributed by atoms with Crippen LogP contribution in [-0.2, 0) is 17.7 Å². The number of carbonyl (C=O) groups is 2. The first kappa shape index (κ1) is 30.8. The molecule has 11 nitrogen and oxygen atoms in total. The van der Waals surface area contributed by atoms with E-state index in [0.717, 1.165) is 30.1 Å². The van der Waals surface area contributed by atoms with Gasteiger partial charge in [-0.2, -0.15) is 0 Å². The number of pyridine rings is 2. The zero-order valence-electron chi connectivity index (χ0n) is 22.1. The van der Waals surface area contributed by atoms with Gasteiger partial charge in [0.2, 0.25) is 0 Å². The summed E-state index contributed by atoms with van der Waals surface area (Å²) in [4.78, 5) is 45.5. The fourth-order valence-electron chi connectivity index (χ4n) is 4.47. The number of nitrogens with zero attached hydrogens (tertiary/aromatic N) is 4. The average molecular weight is 578 g/mol. The van der Waals surface area contributed by atoms with Gasteiger partial charge in [0.25, 0.3) is 11.5 Å². The van der Waals surface area contributed by atoms with Crippen LogP contribution >= 0.6 is 12.4 Å². The summed E-state index contributed by atoms with van der Waals surface area (Å²) in [6.07, 6.45) is 1.40. The lowest BCUT2D eigenvalue weighted by Crippen LogP contribution is -2.39. The summed E-state index contributed by atoms with van der Waals surface area (Å²) in [5, 5.41) is 22.9. The number of halogens is 2. The van der Waals surface area contributed by atoms with Crippen molar-refractivity contribution in [3.05, 3.63) is 69.4 Å². The normalized spacial score (nSPS) is 13.6. The predicted molar refractivity (Wildman–Crippen MR) is 149 cm³/mol. The minimum atomic E-state index is -1.17. The third-order valence-corrected chi connectivity index (χ3v) is 6.71. The number of hydrogen-bond acceptors (Lipinski definition) is 7. The number of fused-ring (bicyclic) bond motifs is 1. The number of amides is 2. The molecule has 1 aliphatic heterocycles. The van der Waals surface area contributed by atoms with E-state index in [-0.39, 0.29) is 42.3 Å². The highest BCUT2D eigenvalue weighted by molar-refractivity contribution is 6.01. The highest BCUT2D eigenvalue weighted by atomic mass is 35.5. The Kier molecular flexibility index (Phi) is 10.8. The summed E-state index contributed by atoms with van der Waals surface area (Å²) in [7, 11) is 1.37. The molecule has 1 aliphatic rings. The average Bonchev–Trinajstić information content (AvgIpc) is 2.92. The number of aromatic hydroxyl groups is 1. The Morgan fingerprint density at radius 1 is 1.15 bits per heavy atom. The number of nitrogens with one attached hydrogen (secondary N) is 1. The second-order valence-electron chi connectivity index (χ2n) is 9.46. The SMILES string of the molecule is CN(CCn1c(=O)c(C(=O)NCCCN2CCOCC2)c(O)c2ncc(Cc3ccc(F)cc3)cc21)C(=O)O.Cl. The van der Waals surface area contributed by atoms with Crippen molar-refractivity contribution >= 4 is 35.4 Å². The molecule has 13 heteroatoms. The smallest absolute Gasteiger partial charge is 0.407 e. The topological polar surface area (TPSA) is 137 Å². The molecule has 0 unspecified atom stereocenters. The van der Waals surface area contributed by atoms with Crippen LogP contribution in [0.25, 0.3) is 11.0 Å². The Hall–Kier alpha value is -3.74. The van der Waals surface area contributed by atoms with E-state index in [1.807, 2.05) is 0 Å². The van der Waals surface area contributed by atoms with Crippen molar-refractivity contribution in [3.63, 3.8) is 0 Å². The Balaban J connectivity index is 0.00000441. The molecule has 3 N–H and O–H groups in total. The third kappa shape index (κ3) is 7.46. The van der Waals surface area contributed by atoms with Crippen LogP contribution in [0.15, 0.2) is 41.3 Å². The predicted octanol–water partition coefficient (Wildman–Crippen LogP) is 2.32. The monoisotopic (exact) mass is 577 g/mol. The number of ether oxygens (including phenoxy) is 1. The lowest BCUT2D eigenvalue weighted by molar-refractivity contribution is 0.0374. The van der Waals surface area contributed by atoms with E-state index in [1.165, 1.54) is 29.9 Å². The van der Waals surface area contributed by atoms with Gasteiger partial charge in [0, 0.05) is 46.0 Å². The Bertz CT molecular complexity index is 1390. The molecule has 0 atom stereocenters. The van der Waals surface area contributed by atoms with Crippen molar-refractivity contribution in [2.45, 2.75) is 19.4 Å². The summed E-state index contributed by atoms with van der Waals surface area (Å²) < 4.78 is 19.9. The van der Waals surface area contributed by atoms with E-state index in [0.29, 0.717) is 38.2 Å². The summed E-state index contributed by atoms with van der Waals surface area (Å²) in [5.74, 6) is -1.61. The first-order chi connectivity index (χ1) is 18.7. The van der Waals surface area contributed by atoms with Gasteiger partial charge in [-0.25, -0.2) is 9.18 Å². The van der Waals surface area contributed by atoms with E-state index in [2.05, 4.69) is 15.2 Å². The van der Waals surface area contributed by atoms with Gasteiger partial charge in [0.05, 0.1) is 18.7 Å². The van der Waals surface area contributed by atoms with Crippen molar-refractivity contribution in [2.75, 3.05) is 53.0 Å². The summed E-state index contributed by atoms with van der Waals surface area (Å²) in [6, 6.07) is 7.63. The molecule has 1 saturated heterocycles.